The topological polar surface area (TPSA) is 51.6 Å². The summed E-state index contributed by atoms with van der Waals surface area (Å²) in [6.45, 7) is 0. The predicted molar refractivity (Wildman–Crippen MR) is 213 cm³/mol. The Balaban J connectivity index is 1.20. The molecule has 2 heterocycles. The fraction of sp³-hybridized carbons (Fsp3) is 0. The molecule has 0 atom stereocenters. The Morgan fingerprint density at radius 1 is 0.269 bits per heavy atom. The van der Waals surface area contributed by atoms with Gasteiger partial charge in [-0.1, -0.05) is 182 Å². The van der Waals surface area contributed by atoms with Crippen molar-refractivity contribution in [1.82, 2.24) is 19.9 Å². The number of rotatable bonds is 7. The van der Waals surface area contributed by atoms with Crippen molar-refractivity contribution in [2.75, 3.05) is 0 Å². The summed E-state index contributed by atoms with van der Waals surface area (Å²) in [4.78, 5) is 20.0. The first-order valence-electron chi connectivity index (χ1n) is 17.4. The van der Waals surface area contributed by atoms with Crippen LogP contribution < -0.4 is 0 Å². The van der Waals surface area contributed by atoms with Crippen molar-refractivity contribution < 1.29 is 0 Å². The zero-order valence-electron chi connectivity index (χ0n) is 28.3. The lowest BCUT2D eigenvalue weighted by molar-refractivity contribution is 1.07. The van der Waals surface area contributed by atoms with E-state index in [1.54, 1.807) is 0 Å². The van der Waals surface area contributed by atoms with Crippen LogP contribution in [-0.4, -0.2) is 19.9 Å². The summed E-state index contributed by atoms with van der Waals surface area (Å²) in [5.41, 5.74) is 11.4. The Morgan fingerprint density at radius 3 is 1.17 bits per heavy atom. The van der Waals surface area contributed by atoms with Gasteiger partial charge in [-0.25, -0.2) is 19.9 Å². The minimum absolute atomic E-state index is 0.631. The molecular formula is C48H32N4. The van der Waals surface area contributed by atoms with Crippen LogP contribution in [0.2, 0.25) is 0 Å². The molecule has 4 heteroatoms. The molecule has 0 saturated carbocycles. The third-order valence-corrected chi connectivity index (χ3v) is 9.34. The first kappa shape index (κ1) is 31.0. The van der Waals surface area contributed by atoms with Gasteiger partial charge in [-0.2, -0.15) is 0 Å². The first-order valence-corrected chi connectivity index (χ1v) is 17.4. The molecule has 0 spiro atoms. The van der Waals surface area contributed by atoms with Crippen LogP contribution >= 0.6 is 0 Å². The van der Waals surface area contributed by atoms with Crippen molar-refractivity contribution >= 4 is 10.8 Å². The lowest BCUT2D eigenvalue weighted by atomic mass is 9.88. The van der Waals surface area contributed by atoms with E-state index in [4.69, 9.17) is 19.9 Å². The van der Waals surface area contributed by atoms with Gasteiger partial charge in [-0.15, -0.1) is 0 Å². The normalized spacial score (nSPS) is 11.1. The maximum absolute atomic E-state index is 5.15. The second kappa shape index (κ2) is 13.7. The number of hydrogen-bond acceptors (Lipinski definition) is 4. The third kappa shape index (κ3) is 6.14. The average molecular weight is 665 g/mol. The summed E-state index contributed by atoms with van der Waals surface area (Å²) in [7, 11) is 0. The largest absolute Gasteiger partial charge is 0.248 e. The molecule has 7 aromatic carbocycles. The summed E-state index contributed by atoms with van der Waals surface area (Å²) in [5, 5.41) is 2.37. The van der Waals surface area contributed by atoms with E-state index in [0.717, 1.165) is 55.9 Å². The van der Waals surface area contributed by atoms with Crippen molar-refractivity contribution in [1.29, 1.82) is 0 Å². The van der Waals surface area contributed by atoms with E-state index in [2.05, 4.69) is 121 Å². The Kier molecular flexibility index (Phi) is 8.16. The van der Waals surface area contributed by atoms with Crippen LogP contribution in [0.3, 0.4) is 0 Å². The van der Waals surface area contributed by atoms with Crippen LogP contribution in [0.25, 0.3) is 89.7 Å². The molecule has 9 rings (SSSR count). The molecule has 0 aliphatic rings. The van der Waals surface area contributed by atoms with Crippen molar-refractivity contribution in [2.45, 2.75) is 0 Å². The molecule has 0 aliphatic heterocycles. The van der Waals surface area contributed by atoms with Gasteiger partial charge in [0, 0.05) is 27.8 Å². The fourth-order valence-corrected chi connectivity index (χ4v) is 6.75. The summed E-state index contributed by atoms with van der Waals surface area (Å²) >= 11 is 0. The second-order valence-electron chi connectivity index (χ2n) is 12.7. The van der Waals surface area contributed by atoms with Crippen LogP contribution in [0.15, 0.2) is 194 Å². The van der Waals surface area contributed by atoms with Crippen molar-refractivity contribution in [3.8, 4) is 78.9 Å². The summed E-state index contributed by atoms with van der Waals surface area (Å²) in [6.07, 6.45) is 0. The number of nitrogens with zero attached hydrogens (tertiary/aromatic N) is 4. The lowest BCUT2D eigenvalue weighted by Crippen LogP contribution is -2.00. The zero-order valence-corrected chi connectivity index (χ0v) is 28.3. The van der Waals surface area contributed by atoms with Crippen LogP contribution in [0.4, 0.5) is 0 Å². The zero-order chi connectivity index (χ0) is 34.7. The van der Waals surface area contributed by atoms with Gasteiger partial charge in [0.2, 0.25) is 0 Å². The van der Waals surface area contributed by atoms with Crippen LogP contribution in [0.1, 0.15) is 0 Å². The molecule has 0 saturated heterocycles. The number of aromatic nitrogens is 4. The molecule has 0 radical (unpaired) electrons. The number of benzene rings is 7. The van der Waals surface area contributed by atoms with E-state index in [1.807, 2.05) is 72.8 Å². The van der Waals surface area contributed by atoms with E-state index in [-0.39, 0.29) is 0 Å². The van der Waals surface area contributed by atoms with E-state index in [1.165, 1.54) is 16.3 Å². The van der Waals surface area contributed by atoms with E-state index in [9.17, 15) is 0 Å². The summed E-state index contributed by atoms with van der Waals surface area (Å²) in [6, 6.07) is 67.1. The Morgan fingerprint density at radius 2 is 0.673 bits per heavy atom. The molecule has 9 aromatic rings. The minimum Gasteiger partial charge on any atom is -0.248 e. The van der Waals surface area contributed by atoms with E-state index in [0.29, 0.717) is 17.5 Å². The molecule has 244 valence electrons. The van der Waals surface area contributed by atoms with E-state index >= 15 is 0 Å². The van der Waals surface area contributed by atoms with Gasteiger partial charge in [0.05, 0.1) is 11.4 Å². The third-order valence-electron chi connectivity index (χ3n) is 9.34. The highest BCUT2D eigenvalue weighted by Gasteiger charge is 2.17. The summed E-state index contributed by atoms with van der Waals surface area (Å²) in [5.74, 6) is 1.92. The molecule has 0 bridgehead atoms. The Bertz CT molecular complexity index is 2530. The quantitative estimate of drug-likeness (QED) is 0.170. The maximum Gasteiger partial charge on any atom is 0.164 e. The molecule has 4 nitrogen and oxygen atoms in total. The van der Waals surface area contributed by atoms with Gasteiger partial charge in [-0.3, -0.25) is 0 Å². The molecule has 52 heavy (non-hydrogen) atoms. The SMILES string of the molecule is c1ccc(-c2cc(-c3ccc4ccccc4c3-c3ccc(-c4nc(-c5ccccc5)nc(-c5ccccc5)n4)cc3)cc(-c3ccccc3)n2)cc1. The second-order valence-corrected chi connectivity index (χ2v) is 12.7. The number of fused-ring (bicyclic) bond motifs is 1. The molecule has 0 N–H and O–H groups in total. The number of pyridine rings is 1. The average Bonchev–Trinajstić information content (AvgIpc) is 3.24. The highest BCUT2D eigenvalue weighted by molar-refractivity contribution is 6.04. The van der Waals surface area contributed by atoms with Crippen molar-refractivity contribution in [2.24, 2.45) is 0 Å². The highest BCUT2D eigenvalue weighted by atomic mass is 15.0. The van der Waals surface area contributed by atoms with Crippen molar-refractivity contribution in [3.63, 3.8) is 0 Å². The standard InChI is InChI=1S/C48H32N4/c1-5-16-34(17-6-1)43-31-40(32-44(49-43)35-18-7-2-8-19-35)42-30-29-33-15-13-14-24-41(33)45(42)36-25-27-39(28-26-36)48-51-46(37-20-9-3-10-21-37)50-47(52-48)38-22-11-4-12-23-38/h1-32H. The first-order chi connectivity index (χ1) is 25.8. The maximum atomic E-state index is 5.15. The van der Waals surface area contributed by atoms with Crippen LogP contribution in [0, 0.1) is 0 Å². The number of hydrogen-bond donors (Lipinski definition) is 0. The molecule has 0 unspecified atom stereocenters. The highest BCUT2D eigenvalue weighted by Crippen LogP contribution is 2.41. The van der Waals surface area contributed by atoms with Gasteiger partial charge in [0.25, 0.3) is 0 Å². The predicted octanol–water partition coefficient (Wildman–Crippen LogP) is 12.1. The van der Waals surface area contributed by atoms with Gasteiger partial charge in [0.15, 0.2) is 17.5 Å². The monoisotopic (exact) mass is 664 g/mol. The molecule has 0 fully saturated rings. The van der Waals surface area contributed by atoms with Crippen LogP contribution in [-0.2, 0) is 0 Å². The molecular weight excluding hydrogens is 633 g/mol. The van der Waals surface area contributed by atoms with Gasteiger partial charge >= 0.3 is 0 Å². The Hall–Kier alpha value is -7.04. The van der Waals surface area contributed by atoms with Crippen molar-refractivity contribution in [3.05, 3.63) is 194 Å². The molecule has 2 aromatic heterocycles. The van der Waals surface area contributed by atoms with E-state index < -0.39 is 0 Å². The van der Waals surface area contributed by atoms with Gasteiger partial charge < -0.3 is 0 Å². The summed E-state index contributed by atoms with van der Waals surface area (Å²) < 4.78 is 0. The minimum atomic E-state index is 0.631. The van der Waals surface area contributed by atoms with Gasteiger partial charge in [0.1, 0.15) is 0 Å². The van der Waals surface area contributed by atoms with Crippen LogP contribution in [0.5, 0.6) is 0 Å². The smallest absolute Gasteiger partial charge is 0.164 e. The lowest BCUT2D eigenvalue weighted by Gasteiger charge is -2.17. The molecule has 0 amide bonds. The molecule has 0 aliphatic carbocycles. The Labute approximate surface area is 302 Å². The fourth-order valence-electron chi connectivity index (χ4n) is 6.75. The van der Waals surface area contributed by atoms with Gasteiger partial charge in [-0.05, 0) is 45.2 Å².